The minimum Gasteiger partial charge on any atom is -0.381 e. The van der Waals surface area contributed by atoms with E-state index in [9.17, 15) is 8.42 Å². The predicted molar refractivity (Wildman–Crippen MR) is 85.5 cm³/mol. The van der Waals surface area contributed by atoms with Crippen LogP contribution in [-0.4, -0.2) is 33.4 Å². The number of sulfonamides is 1. The lowest BCUT2D eigenvalue weighted by Gasteiger charge is -2.31. The maximum absolute atomic E-state index is 12.3. The molecular weight excluding hydrogens is 333 g/mol. The summed E-state index contributed by atoms with van der Waals surface area (Å²) in [7, 11) is -3.32. The summed E-state index contributed by atoms with van der Waals surface area (Å²) in [6, 6.07) is 5.28. The molecule has 1 N–H and O–H groups in total. The van der Waals surface area contributed by atoms with Crippen LogP contribution in [-0.2, 0) is 21.2 Å². The van der Waals surface area contributed by atoms with Crippen LogP contribution in [0, 0.1) is 5.92 Å². The topological polar surface area (TPSA) is 55.4 Å². The van der Waals surface area contributed by atoms with E-state index in [2.05, 4.69) is 4.72 Å². The van der Waals surface area contributed by atoms with E-state index in [0.717, 1.165) is 5.56 Å². The lowest BCUT2D eigenvalue weighted by molar-refractivity contribution is 0.0570. The average Bonchev–Trinajstić information content (AvgIpc) is 2.42. The second-order valence-electron chi connectivity index (χ2n) is 5.14. The van der Waals surface area contributed by atoms with E-state index in [1.807, 2.05) is 6.07 Å². The molecule has 1 heterocycles. The first-order chi connectivity index (χ1) is 9.94. The van der Waals surface area contributed by atoms with Gasteiger partial charge in [0.05, 0.1) is 11.9 Å². The van der Waals surface area contributed by atoms with Gasteiger partial charge in [0, 0.05) is 29.1 Å². The van der Waals surface area contributed by atoms with Crippen molar-refractivity contribution in [1.29, 1.82) is 0 Å². The molecule has 0 amide bonds. The smallest absolute Gasteiger partial charge is 0.214 e. The first-order valence-corrected chi connectivity index (χ1v) is 9.24. The van der Waals surface area contributed by atoms with Gasteiger partial charge in [-0.25, -0.2) is 13.1 Å². The molecule has 1 aromatic carbocycles. The van der Waals surface area contributed by atoms with Crippen molar-refractivity contribution in [3.8, 4) is 0 Å². The summed E-state index contributed by atoms with van der Waals surface area (Å²) < 4.78 is 32.7. The van der Waals surface area contributed by atoms with Gasteiger partial charge in [0.25, 0.3) is 0 Å². The molecule has 0 unspecified atom stereocenters. The molecule has 7 heteroatoms. The summed E-state index contributed by atoms with van der Waals surface area (Å²) in [5.41, 5.74) is 0.897. The summed E-state index contributed by atoms with van der Waals surface area (Å²) in [4.78, 5) is 0. The van der Waals surface area contributed by atoms with Crippen LogP contribution >= 0.6 is 23.2 Å². The fourth-order valence-corrected chi connectivity index (χ4v) is 4.84. The molecule has 1 saturated heterocycles. The van der Waals surface area contributed by atoms with Crippen molar-refractivity contribution in [2.24, 2.45) is 5.92 Å². The molecule has 2 rings (SSSR count). The minimum atomic E-state index is -3.32. The second-order valence-corrected chi connectivity index (χ2v) is 7.97. The van der Waals surface area contributed by atoms with E-state index in [1.54, 1.807) is 19.1 Å². The Bertz CT molecular complexity index is 592. The molecule has 1 aliphatic heterocycles. The zero-order valence-corrected chi connectivity index (χ0v) is 14.1. The molecule has 2 atom stereocenters. The van der Waals surface area contributed by atoms with Crippen molar-refractivity contribution < 1.29 is 13.2 Å². The highest BCUT2D eigenvalue weighted by atomic mass is 35.5. The molecule has 0 aliphatic carbocycles. The van der Waals surface area contributed by atoms with Gasteiger partial charge < -0.3 is 4.74 Å². The monoisotopic (exact) mass is 351 g/mol. The second kappa shape index (κ2) is 7.29. The number of nitrogens with one attached hydrogen (secondary N) is 1. The summed E-state index contributed by atoms with van der Waals surface area (Å²) in [6.07, 6.45) is 1.07. The van der Waals surface area contributed by atoms with Crippen molar-refractivity contribution in [2.75, 3.05) is 19.8 Å². The van der Waals surface area contributed by atoms with Gasteiger partial charge in [0.1, 0.15) is 0 Å². The third-order valence-corrected chi connectivity index (χ3v) is 6.34. The Hall–Kier alpha value is -0.330. The molecule has 21 heavy (non-hydrogen) atoms. The largest absolute Gasteiger partial charge is 0.381 e. The molecule has 0 aromatic heterocycles. The Labute approximate surface area is 135 Å². The van der Waals surface area contributed by atoms with E-state index in [1.165, 1.54) is 0 Å². The first kappa shape index (κ1) is 17.0. The average molecular weight is 352 g/mol. The Balaban J connectivity index is 2.19. The number of halogens is 2. The quantitative estimate of drug-likeness (QED) is 0.887. The van der Waals surface area contributed by atoms with Crippen LogP contribution in [0.5, 0.6) is 0 Å². The van der Waals surface area contributed by atoms with E-state index in [0.29, 0.717) is 42.6 Å². The van der Waals surface area contributed by atoms with Crippen LogP contribution < -0.4 is 4.72 Å². The van der Waals surface area contributed by atoms with Crippen molar-refractivity contribution in [2.45, 2.75) is 25.0 Å². The predicted octanol–water partition coefficient (Wildman–Crippen LogP) is 2.88. The lowest BCUT2D eigenvalue weighted by atomic mass is 9.93. The fourth-order valence-electron chi connectivity index (χ4n) is 2.65. The van der Waals surface area contributed by atoms with Gasteiger partial charge in [-0.2, -0.15) is 0 Å². The Morgan fingerprint density at radius 3 is 2.81 bits per heavy atom. The van der Waals surface area contributed by atoms with Gasteiger partial charge in [-0.05, 0) is 30.5 Å². The van der Waals surface area contributed by atoms with Crippen LogP contribution in [0.4, 0.5) is 0 Å². The highest BCUT2D eigenvalue weighted by molar-refractivity contribution is 7.90. The standard InChI is InChI=1S/C14H19Cl2NO3S/c1-2-17-21(18,19)14-5-6-20-9-11(14)7-10-3-4-12(15)8-13(10)16/h3-4,8,11,14,17H,2,5-7,9H2,1H3/t11-,14-/m0/s1. The van der Waals surface area contributed by atoms with Gasteiger partial charge in [0.2, 0.25) is 10.0 Å². The van der Waals surface area contributed by atoms with Crippen molar-refractivity contribution in [3.05, 3.63) is 33.8 Å². The SMILES string of the molecule is CCNS(=O)(=O)[C@H]1CCOC[C@@H]1Cc1ccc(Cl)cc1Cl. The van der Waals surface area contributed by atoms with Crippen molar-refractivity contribution >= 4 is 33.2 Å². The Morgan fingerprint density at radius 2 is 2.14 bits per heavy atom. The van der Waals surface area contributed by atoms with Crippen LogP contribution in [0.15, 0.2) is 18.2 Å². The van der Waals surface area contributed by atoms with Crippen LogP contribution in [0.3, 0.4) is 0 Å². The van der Waals surface area contributed by atoms with Gasteiger partial charge in [-0.3, -0.25) is 0 Å². The van der Waals surface area contributed by atoms with Crippen LogP contribution in [0.1, 0.15) is 18.9 Å². The number of rotatable bonds is 5. The van der Waals surface area contributed by atoms with Crippen molar-refractivity contribution in [3.63, 3.8) is 0 Å². The van der Waals surface area contributed by atoms with Gasteiger partial charge in [-0.1, -0.05) is 36.2 Å². The molecule has 1 aliphatic rings. The summed E-state index contributed by atoms with van der Waals surface area (Å²) >= 11 is 12.1. The first-order valence-electron chi connectivity index (χ1n) is 6.94. The van der Waals surface area contributed by atoms with Crippen LogP contribution in [0.25, 0.3) is 0 Å². The van der Waals surface area contributed by atoms with Gasteiger partial charge >= 0.3 is 0 Å². The Morgan fingerprint density at radius 1 is 1.38 bits per heavy atom. The summed E-state index contributed by atoms with van der Waals surface area (Å²) in [5, 5.41) is 0.686. The Kier molecular flexibility index (Phi) is 5.91. The molecule has 0 spiro atoms. The zero-order valence-electron chi connectivity index (χ0n) is 11.8. The third-order valence-electron chi connectivity index (χ3n) is 3.65. The summed E-state index contributed by atoms with van der Waals surface area (Å²) in [6.45, 7) is 3.07. The number of hydrogen-bond donors (Lipinski definition) is 1. The lowest BCUT2D eigenvalue weighted by Crippen LogP contribution is -2.44. The molecule has 0 radical (unpaired) electrons. The van der Waals surface area contributed by atoms with Gasteiger partial charge in [-0.15, -0.1) is 0 Å². The minimum absolute atomic E-state index is 0.110. The fraction of sp³-hybridized carbons (Fsp3) is 0.571. The highest BCUT2D eigenvalue weighted by Gasteiger charge is 2.35. The molecule has 1 aromatic rings. The molecule has 0 saturated carbocycles. The number of hydrogen-bond acceptors (Lipinski definition) is 3. The van der Waals surface area contributed by atoms with Crippen molar-refractivity contribution in [1.82, 2.24) is 4.72 Å². The molecule has 1 fully saturated rings. The van der Waals surface area contributed by atoms with E-state index in [-0.39, 0.29) is 5.92 Å². The maximum atomic E-state index is 12.3. The van der Waals surface area contributed by atoms with Crippen LogP contribution in [0.2, 0.25) is 10.0 Å². The van der Waals surface area contributed by atoms with E-state index < -0.39 is 15.3 Å². The molecular formula is C14H19Cl2NO3S. The zero-order chi connectivity index (χ0) is 15.5. The molecule has 4 nitrogen and oxygen atoms in total. The van der Waals surface area contributed by atoms with E-state index >= 15 is 0 Å². The number of ether oxygens (including phenoxy) is 1. The third kappa shape index (κ3) is 4.33. The number of benzene rings is 1. The highest BCUT2D eigenvalue weighted by Crippen LogP contribution is 2.29. The van der Waals surface area contributed by atoms with Gasteiger partial charge in [0.15, 0.2) is 0 Å². The maximum Gasteiger partial charge on any atom is 0.214 e. The normalized spacial score (nSPS) is 23.2. The molecule has 118 valence electrons. The molecule has 0 bridgehead atoms. The summed E-state index contributed by atoms with van der Waals surface area (Å²) in [5.74, 6) is -0.110. The van der Waals surface area contributed by atoms with E-state index in [4.69, 9.17) is 27.9 Å².